The van der Waals surface area contributed by atoms with Crippen molar-refractivity contribution in [3.63, 3.8) is 0 Å². The van der Waals surface area contributed by atoms with E-state index in [0.29, 0.717) is 22.4 Å². The van der Waals surface area contributed by atoms with Crippen LogP contribution in [0.5, 0.6) is 0 Å². The topological polar surface area (TPSA) is 73.0 Å². The van der Waals surface area contributed by atoms with Gasteiger partial charge in [-0.25, -0.2) is 9.37 Å². The van der Waals surface area contributed by atoms with E-state index in [0.717, 1.165) is 0 Å². The fraction of sp³-hybridized carbons (Fsp3) is 0.188. The number of hydrogen-bond acceptors (Lipinski definition) is 5. The maximum atomic E-state index is 13.4. The molecule has 1 unspecified atom stereocenters. The van der Waals surface area contributed by atoms with Crippen molar-refractivity contribution in [3.8, 4) is 5.69 Å². The van der Waals surface area contributed by atoms with Crippen LogP contribution in [0.3, 0.4) is 0 Å². The number of amides is 1. The van der Waals surface area contributed by atoms with E-state index >= 15 is 0 Å². The van der Waals surface area contributed by atoms with Crippen LogP contribution in [-0.4, -0.2) is 25.9 Å². The molecule has 3 aromatic rings. The quantitative estimate of drug-likeness (QED) is 0.717. The Hall–Kier alpha value is -2.61. The minimum atomic E-state index is -0.420. The summed E-state index contributed by atoms with van der Waals surface area (Å²) in [6.07, 6.45) is 3.33. The number of carbonyl (C=O) groups excluding carboxylic acids is 1. The molecule has 1 amide bonds. The van der Waals surface area contributed by atoms with Crippen molar-refractivity contribution < 1.29 is 13.7 Å². The number of benzene rings is 1. The Morgan fingerprint density at radius 2 is 2.25 bits per heavy atom. The Kier molecular flexibility index (Phi) is 4.66. The number of thioether (sulfide) groups is 1. The van der Waals surface area contributed by atoms with E-state index < -0.39 is 5.25 Å². The van der Waals surface area contributed by atoms with Crippen molar-refractivity contribution >= 4 is 23.5 Å². The van der Waals surface area contributed by atoms with Crippen molar-refractivity contribution in [3.05, 3.63) is 54.3 Å². The Labute approximate surface area is 142 Å². The number of carbonyl (C=O) groups is 1. The summed E-state index contributed by atoms with van der Waals surface area (Å²) in [7, 11) is 0. The monoisotopic (exact) mass is 346 g/mol. The second kappa shape index (κ2) is 6.88. The van der Waals surface area contributed by atoms with E-state index in [9.17, 15) is 9.18 Å². The van der Waals surface area contributed by atoms with E-state index in [2.05, 4.69) is 15.5 Å². The van der Waals surface area contributed by atoms with Gasteiger partial charge in [-0.3, -0.25) is 9.36 Å². The zero-order valence-electron chi connectivity index (χ0n) is 13.1. The molecular weight excluding hydrogens is 331 g/mol. The summed E-state index contributed by atoms with van der Waals surface area (Å²) in [5.74, 6) is 0.442. The number of hydrogen-bond donors (Lipinski definition) is 1. The summed E-state index contributed by atoms with van der Waals surface area (Å²) in [5.41, 5.74) is 0.648. The molecule has 8 heteroatoms. The highest BCUT2D eigenvalue weighted by Gasteiger charge is 2.19. The lowest BCUT2D eigenvalue weighted by Crippen LogP contribution is -2.23. The van der Waals surface area contributed by atoms with Crippen LogP contribution < -0.4 is 5.32 Å². The second-order valence-corrected chi connectivity index (χ2v) is 6.44. The lowest BCUT2D eigenvalue weighted by molar-refractivity contribution is -0.115. The van der Waals surface area contributed by atoms with E-state index in [4.69, 9.17) is 4.52 Å². The van der Waals surface area contributed by atoms with Gasteiger partial charge in [-0.1, -0.05) is 23.0 Å². The summed E-state index contributed by atoms with van der Waals surface area (Å²) in [6, 6.07) is 7.83. The number of aromatic nitrogens is 3. The number of nitrogens with zero attached hydrogens (tertiary/aromatic N) is 3. The van der Waals surface area contributed by atoms with E-state index in [1.54, 1.807) is 49.0 Å². The van der Waals surface area contributed by atoms with Crippen LogP contribution in [0.1, 0.15) is 12.7 Å². The first-order chi connectivity index (χ1) is 11.5. The number of anilines is 1. The molecule has 0 saturated heterocycles. The highest BCUT2D eigenvalue weighted by Crippen LogP contribution is 2.25. The zero-order chi connectivity index (χ0) is 17.1. The Morgan fingerprint density at radius 1 is 1.42 bits per heavy atom. The lowest BCUT2D eigenvalue weighted by Gasteiger charge is -2.12. The van der Waals surface area contributed by atoms with Crippen LogP contribution in [0.4, 0.5) is 10.2 Å². The fourth-order valence-electron chi connectivity index (χ4n) is 2.06. The summed E-state index contributed by atoms with van der Waals surface area (Å²) in [6.45, 7) is 3.51. The molecule has 0 aliphatic carbocycles. The second-order valence-electron chi connectivity index (χ2n) is 5.13. The number of nitrogens with one attached hydrogen (secondary N) is 1. The van der Waals surface area contributed by atoms with Crippen molar-refractivity contribution in [2.24, 2.45) is 0 Å². The van der Waals surface area contributed by atoms with Gasteiger partial charge in [0.2, 0.25) is 5.91 Å². The average molecular weight is 346 g/mol. The molecule has 2 aromatic heterocycles. The van der Waals surface area contributed by atoms with Gasteiger partial charge in [0.15, 0.2) is 11.0 Å². The highest BCUT2D eigenvalue weighted by molar-refractivity contribution is 8.00. The van der Waals surface area contributed by atoms with Crippen LogP contribution in [0, 0.1) is 12.7 Å². The van der Waals surface area contributed by atoms with Gasteiger partial charge in [0.05, 0.1) is 10.9 Å². The molecule has 124 valence electrons. The number of rotatable bonds is 5. The summed E-state index contributed by atoms with van der Waals surface area (Å²) < 4.78 is 20.1. The molecule has 1 aromatic carbocycles. The zero-order valence-corrected chi connectivity index (χ0v) is 13.9. The first kappa shape index (κ1) is 16.3. The van der Waals surface area contributed by atoms with Crippen LogP contribution >= 0.6 is 11.8 Å². The molecule has 0 aliphatic rings. The van der Waals surface area contributed by atoms with Crippen molar-refractivity contribution in [1.82, 2.24) is 14.7 Å². The maximum Gasteiger partial charge on any atom is 0.238 e. The first-order valence-electron chi connectivity index (χ1n) is 7.23. The molecule has 0 saturated carbocycles. The number of imidazole rings is 1. The Balaban J connectivity index is 1.72. The van der Waals surface area contributed by atoms with E-state index in [1.165, 1.54) is 23.9 Å². The Morgan fingerprint density at radius 3 is 2.96 bits per heavy atom. The van der Waals surface area contributed by atoms with Gasteiger partial charge in [0.25, 0.3) is 0 Å². The third-order valence-electron chi connectivity index (χ3n) is 3.22. The molecule has 0 aliphatic heterocycles. The molecule has 2 heterocycles. The van der Waals surface area contributed by atoms with Gasteiger partial charge in [0.1, 0.15) is 11.6 Å². The first-order valence-corrected chi connectivity index (χ1v) is 8.11. The third kappa shape index (κ3) is 3.65. The third-order valence-corrected chi connectivity index (χ3v) is 4.30. The Bertz CT molecular complexity index is 861. The molecule has 0 radical (unpaired) electrons. The minimum Gasteiger partial charge on any atom is -0.360 e. The molecule has 24 heavy (non-hydrogen) atoms. The molecule has 3 rings (SSSR count). The van der Waals surface area contributed by atoms with Crippen LogP contribution in [-0.2, 0) is 4.79 Å². The minimum absolute atomic E-state index is 0.220. The smallest absolute Gasteiger partial charge is 0.238 e. The summed E-state index contributed by atoms with van der Waals surface area (Å²) in [4.78, 5) is 16.5. The predicted octanol–water partition coefficient (Wildman–Crippen LogP) is 3.43. The molecule has 0 bridgehead atoms. The van der Waals surface area contributed by atoms with Crippen LogP contribution in [0.15, 0.2) is 52.4 Å². The summed E-state index contributed by atoms with van der Waals surface area (Å²) >= 11 is 1.27. The highest BCUT2D eigenvalue weighted by atomic mass is 32.2. The maximum absolute atomic E-state index is 13.4. The molecule has 1 atom stereocenters. The summed E-state index contributed by atoms with van der Waals surface area (Å²) in [5, 5.41) is 6.59. The number of halogens is 1. The van der Waals surface area contributed by atoms with Gasteiger partial charge < -0.3 is 9.84 Å². The standard InChI is InChI=1S/C16H15FN4O2S/c1-10-8-14(20-23-10)19-15(22)11(2)24-16-18-6-7-21(16)13-5-3-4-12(17)9-13/h3-9,11H,1-2H3,(H,19,20,22). The number of aryl methyl sites for hydroxylation is 1. The van der Waals surface area contributed by atoms with Gasteiger partial charge in [-0.05, 0) is 32.0 Å². The lowest BCUT2D eigenvalue weighted by atomic mass is 10.3. The van der Waals surface area contributed by atoms with Crippen molar-refractivity contribution in [2.75, 3.05) is 5.32 Å². The van der Waals surface area contributed by atoms with Crippen molar-refractivity contribution in [2.45, 2.75) is 24.3 Å². The SMILES string of the molecule is Cc1cc(NC(=O)C(C)Sc2nccn2-c2cccc(F)c2)no1. The van der Waals surface area contributed by atoms with Gasteiger partial charge in [0, 0.05) is 18.5 Å². The largest absolute Gasteiger partial charge is 0.360 e. The average Bonchev–Trinajstić information content (AvgIpc) is 3.16. The van der Waals surface area contributed by atoms with Crippen LogP contribution in [0.25, 0.3) is 5.69 Å². The van der Waals surface area contributed by atoms with Crippen molar-refractivity contribution in [1.29, 1.82) is 0 Å². The van der Waals surface area contributed by atoms with Crippen LogP contribution in [0.2, 0.25) is 0 Å². The van der Waals surface area contributed by atoms with Gasteiger partial charge in [-0.2, -0.15) is 0 Å². The molecule has 1 N–H and O–H groups in total. The van der Waals surface area contributed by atoms with Gasteiger partial charge >= 0.3 is 0 Å². The normalized spacial score (nSPS) is 12.1. The molecule has 0 fully saturated rings. The van der Waals surface area contributed by atoms with Gasteiger partial charge in [-0.15, -0.1) is 0 Å². The molecule has 0 spiro atoms. The van der Waals surface area contributed by atoms with E-state index in [-0.39, 0.29) is 11.7 Å². The fourth-order valence-corrected chi connectivity index (χ4v) is 2.95. The van der Waals surface area contributed by atoms with E-state index in [1.807, 2.05) is 0 Å². The predicted molar refractivity (Wildman–Crippen MR) is 88.7 cm³/mol. The molecule has 6 nitrogen and oxygen atoms in total. The molecular formula is C16H15FN4O2S.